The van der Waals surface area contributed by atoms with Crippen LogP contribution < -0.4 is 16.0 Å². The van der Waals surface area contributed by atoms with Gasteiger partial charge in [-0.25, -0.2) is 4.99 Å². The Bertz CT molecular complexity index is 824. The van der Waals surface area contributed by atoms with Gasteiger partial charge in [-0.3, -0.25) is 4.79 Å². The zero-order valence-electron chi connectivity index (χ0n) is 16.8. The summed E-state index contributed by atoms with van der Waals surface area (Å²) in [4.78, 5) is 16.5. The van der Waals surface area contributed by atoms with E-state index < -0.39 is 5.60 Å². The van der Waals surface area contributed by atoms with Crippen molar-refractivity contribution < 1.29 is 14.3 Å². The quantitative estimate of drug-likeness (QED) is 0.181. The van der Waals surface area contributed by atoms with Crippen molar-refractivity contribution in [2.24, 2.45) is 4.99 Å². The predicted octanol–water partition coefficient (Wildman–Crippen LogP) is 3.05. The molecular weight excluding hydrogens is 507 g/mol. The molecule has 1 aromatic carbocycles. The van der Waals surface area contributed by atoms with E-state index in [-0.39, 0.29) is 36.4 Å². The largest absolute Gasteiger partial charge is 0.463 e. The molecule has 4 N–H and O–H groups in total. The number of halogens is 2. The predicted molar refractivity (Wildman–Crippen MR) is 126 cm³/mol. The fourth-order valence-electron chi connectivity index (χ4n) is 2.47. The van der Waals surface area contributed by atoms with E-state index in [2.05, 4.69) is 20.9 Å². The number of aryl methyl sites for hydroxylation is 1. The number of aliphatic hydroxyl groups is 1. The highest BCUT2D eigenvalue weighted by Gasteiger charge is 2.26. The van der Waals surface area contributed by atoms with E-state index in [0.29, 0.717) is 41.9 Å². The van der Waals surface area contributed by atoms with Gasteiger partial charge in [0.05, 0.1) is 17.1 Å². The molecule has 1 amide bonds. The first-order valence-corrected chi connectivity index (χ1v) is 9.55. The minimum absolute atomic E-state index is 0. The van der Waals surface area contributed by atoms with Crippen molar-refractivity contribution in [3.8, 4) is 0 Å². The average molecular weight is 535 g/mol. The summed E-state index contributed by atoms with van der Waals surface area (Å²) in [6, 6.07) is 10.4. The lowest BCUT2D eigenvalue weighted by Crippen LogP contribution is -2.42. The van der Waals surface area contributed by atoms with Crippen molar-refractivity contribution >= 4 is 47.4 Å². The summed E-state index contributed by atoms with van der Waals surface area (Å²) < 4.78 is 5.50. The van der Waals surface area contributed by atoms with Gasteiger partial charge in [0.25, 0.3) is 5.91 Å². The van der Waals surface area contributed by atoms with Crippen LogP contribution in [0.25, 0.3) is 0 Å². The van der Waals surface area contributed by atoms with Crippen molar-refractivity contribution in [1.29, 1.82) is 0 Å². The van der Waals surface area contributed by atoms with E-state index in [1.807, 2.05) is 13.8 Å². The molecule has 0 spiro atoms. The van der Waals surface area contributed by atoms with Gasteiger partial charge in [0.2, 0.25) is 0 Å². The normalized spacial score (nSPS) is 13.2. The van der Waals surface area contributed by atoms with E-state index >= 15 is 0 Å². The second-order valence-corrected chi connectivity index (χ2v) is 6.95. The van der Waals surface area contributed by atoms with E-state index in [1.54, 1.807) is 43.3 Å². The number of carbonyl (C=O) groups excluding carboxylic acids is 1. The monoisotopic (exact) mass is 534 g/mol. The molecule has 1 aromatic heterocycles. The van der Waals surface area contributed by atoms with E-state index in [9.17, 15) is 9.90 Å². The zero-order chi connectivity index (χ0) is 20.6. The van der Waals surface area contributed by atoms with Crippen LogP contribution in [-0.4, -0.2) is 43.2 Å². The fourth-order valence-corrected chi connectivity index (χ4v) is 2.70. The highest BCUT2D eigenvalue weighted by Crippen LogP contribution is 2.23. The lowest BCUT2D eigenvalue weighted by Gasteiger charge is -2.19. The van der Waals surface area contributed by atoms with Gasteiger partial charge in [0.1, 0.15) is 17.1 Å². The lowest BCUT2D eigenvalue weighted by molar-refractivity contribution is 0.0428. The van der Waals surface area contributed by atoms with Gasteiger partial charge >= 0.3 is 0 Å². The van der Waals surface area contributed by atoms with Crippen molar-refractivity contribution in [2.75, 3.05) is 26.2 Å². The minimum atomic E-state index is -1.21. The summed E-state index contributed by atoms with van der Waals surface area (Å²) in [5, 5.41) is 20.0. The number of amides is 1. The molecule has 9 heteroatoms. The maximum absolute atomic E-state index is 12.1. The summed E-state index contributed by atoms with van der Waals surface area (Å²) in [6.45, 7) is 7.07. The number of hydrogen-bond acceptors (Lipinski definition) is 4. The van der Waals surface area contributed by atoms with E-state index in [1.165, 1.54) is 0 Å². The van der Waals surface area contributed by atoms with Gasteiger partial charge in [-0.2, -0.15) is 0 Å². The molecule has 0 radical (unpaired) electrons. The van der Waals surface area contributed by atoms with Gasteiger partial charge in [-0.05, 0) is 45.0 Å². The molecule has 0 fully saturated rings. The summed E-state index contributed by atoms with van der Waals surface area (Å²) in [6.07, 6.45) is 0. The number of guanidine groups is 1. The summed E-state index contributed by atoms with van der Waals surface area (Å²) in [7, 11) is 0. The number of hydrogen-bond donors (Lipinski definition) is 4. The van der Waals surface area contributed by atoms with Crippen LogP contribution in [0.15, 0.2) is 45.8 Å². The second-order valence-electron chi connectivity index (χ2n) is 6.54. The number of nitrogens with one attached hydrogen (secondary N) is 3. The van der Waals surface area contributed by atoms with Crippen LogP contribution in [0.1, 0.15) is 35.7 Å². The molecule has 0 aliphatic carbocycles. The first kappa shape index (κ1) is 25.3. The molecule has 160 valence electrons. The van der Waals surface area contributed by atoms with Crippen LogP contribution in [-0.2, 0) is 5.60 Å². The zero-order valence-corrected chi connectivity index (χ0v) is 19.9. The first-order chi connectivity index (χ1) is 13.3. The Morgan fingerprint density at radius 1 is 1.17 bits per heavy atom. The summed E-state index contributed by atoms with van der Waals surface area (Å²) >= 11 is 6.02. The minimum Gasteiger partial charge on any atom is -0.463 e. The molecule has 0 saturated heterocycles. The highest BCUT2D eigenvalue weighted by molar-refractivity contribution is 14.0. The van der Waals surface area contributed by atoms with Crippen molar-refractivity contribution in [2.45, 2.75) is 26.4 Å². The third-order valence-electron chi connectivity index (χ3n) is 3.98. The SMILES string of the molecule is CCNC(=NCC(C)(O)c1ccc(C)o1)NCCNC(=O)c1ccccc1Cl.I. The van der Waals surface area contributed by atoms with Crippen molar-refractivity contribution in [3.63, 3.8) is 0 Å². The molecule has 2 rings (SSSR count). The molecule has 0 bridgehead atoms. The molecule has 0 saturated carbocycles. The van der Waals surface area contributed by atoms with Crippen LogP contribution in [0.4, 0.5) is 0 Å². The molecule has 29 heavy (non-hydrogen) atoms. The third kappa shape index (κ3) is 7.87. The Hall–Kier alpha value is -1.78. The fraction of sp³-hybridized carbons (Fsp3) is 0.400. The number of nitrogens with zero attached hydrogens (tertiary/aromatic N) is 1. The van der Waals surface area contributed by atoms with Crippen LogP contribution in [0.5, 0.6) is 0 Å². The molecule has 1 heterocycles. The second kappa shape index (κ2) is 12.0. The number of rotatable bonds is 8. The molecule has 0 aliphatic heterocycles. The summed E-state index contributed by atoms with van der Waals surface area (Å²) in [5.74, 6) is 1.51. The first-order valence-electron chi connectivity index (χ1n) is 9.17. The van der Waals surface area contributed by atoms with Gasteiger partial charge in [-0.1, -0.05) is 23.7 Å². The summed E-state index contributed by atoms with van der Waals surface area (Å²) in [5.41, 5.74) is -0.774. The number of aliphatic imine (C=N–C) groups is 1. The van der Waals surface area contributed by atoms with Crippen molar-refractivity contribution in [3.05, 3.63) is 58.5 Å². The smallest absolute Gasteiger partial charge is 0.252 e. The molecule has 7 nitrogen and oxygen atoms in total. The van der Waals surface area contributed by atoms with Gasteiger partial charge < -0.3 is 25.5 Å². The Labute approximate surface area is 193 Å². The number of furan rings is 1. The lowest BCUT2D eigenvalue weighted by atomic mass is 10.0. The van der Waals surface area contributed by atoms with Crippen molar-refractivity contribution in [1.82, 2.24) is 16.0 Å². The van der Waals surface area contributed by atoms with E-state index in [4.69, 9.17) is 16.0 Å². The maximum Gasteiger partial charge on any atom is 0.252 e. The molecular formula is C20H28ClIN4O3. The van der Waals surface area contributed by atoms with Crippen LogP contribution in [0.2, 0.25) is 5.02 Å². The number of benzene rings is 1. The van der Waals surface area contributed by atoms with Crippen LogP contribution >= 0.6 is 35.6 Å². The maximum atomic E-state index is 12.1. The van der Waals surface area contributed by atoms with E-state index in [0.717, 1.165) is 5.76 Å². The van der Waals surface area contributed by atoms with Gasteiger partial charge in [0, 0.05) is 19.6 Å². The van der Waals surface area contributed by atoms with Gasteiger partial charge in [0.15, 0.2) is 5.96 Å². The number of carbonyl (C=O) groups is 1. The van der Waals surface area contributed by atoms with Crippen LogP contribution in [0, 0.1) is 6.92 Å². The Kier molecular flexibility index (Phi) is 10.5. The molecule has 0 aliphatic rings. The van der Waals surface area contributed by atoms with Gasteiger partial charge in [-0.15, -0.1) is 24.0 Å². The molecule has 1 atom stereocenters. The molecule has 2 aromatic rings. The Morgan fingerprint density at radius 2 is 1.86 bits per heavy atom. The third-order valence-corrected chi connectivity index (χ3v) is 4.31. The average Bonchev–Trinajstić information content (AvgIpc) is 3.10. The Balaban J connectivity index is 0.00000420. The molecule has 1 unspecified atom stereocenters. The standard InChI is InChI=1S/C20H27ClN4O3.HI/c1-4-22-19(25-13-20(3,27)17-10-9-14(2)28-17)24-12-11-23-18(26)15-7-5-6-8-16(15)21;/h5-10,27H,4,11-13H2,1-3H3,(H,23,26)(H2,22,24,25);1H. The topological polar surface area (TPSA) is 98.9 Å². The Morgan fingerprint density at radius 3 is 2.48 bits per heavy atom. The van der Waals surface area contributed by atoms with Crippen LogP contribution in [0.3, 0.4) is 0 Å². The highest BCUT2D eigenvalue weighted by atomic mass is 127.